The molecule has 1 saturated carbocycles. The maximum atomic E-state index is 9.85. The number of hydrogen-bond donors (Lipinski definition) is 1. The second-order valence-electron chi connectivity index (χ2n) is 4.64. The Hall–Kier alpha value is -0.0800. The molecule has 0 bridgehead atoms. The largest absolute Gasteiger partial charge is 0.393 e. The molecule has 2 aliphatic rings. The third-order valence-electron chi connectivity index (χ3n) is 3.42. The summed E-state index contributed by atoms with van der Waals surface area (Å²) in [6.45, 7) is 3.95. The Labute approximate surface area is 73.9 Å². The minimum atomic E-state index is -0.0794. The van der Waals surface area contributed by atoms with E-state index in [0.29, 0.717) is 5.92 Å². The molecule has 12 heavy (non-hydrogen) atoms. The van der Waals surface area contributed by atoms with Gasteiger partial charge in [0, 0.05) is 13.2 Å². The van der Waals surface area contributed by atoms with Gasteiger partial charge in [0.05, 0.1) is 6.10 Å². The highest BCUT2D eigenvalue weighted by Gasteiger charge is 2.44. The number of rotatable bonds is 3. The minimum Gasteiger partial charge on any atom is -0.393 e. The van der Waals surface area contributed by atoms with Crippen LogP contribution in [0.4, 0.5) is 0 Å². The molecule has 1 aliphatic carbocycles. The Bertz CT molecular complexity index is 157. The van der Waals surface area contributed by atoms with E-state index < -0.39 is 0 Å². The van der Waals surface area contributed by atoms with E-state index >= 15 is 0 Å². The molecule has 2 fully saturated rings. The van der Waals surface area contributed by atoms with E-state index in [4.69, 9.17) is 4.74 Å². The molecule has 0 spiro atoms. The van der Waals surface area contributed by atoms with Crippen LogP contribution < -0.4 is 0 Å². The van der Waals surface area contributed by atoms with Gasteiger partial charge in [-0.25, -0.2) is 0 Å². The highest BCUT2D eigenvalue weighted by molar-refractivity contribution is 4.95. The molecule has 0 amide bonds. The van der Waals surface area contributed by atoms with Gasteiger partial charge >= 0.3 is 0 Å². The van der Waals surface area contributed by atoms with E-state index in [1.54, 1.807) is 0 Å². The van der Waals surface area contributed by atoms with E-state index in [1.165, 1.54) is 12.8 Å². The summed E-state index contributed by atoms with van der Waals surface area (Å²) >= 11 is 0. The topological polar surface area (TPSA) is 29.5 Å². The van der Waals surface area contributed by atoms with Gasteiger partial charge in [-0.3, -0.25) is 0 Å². The maximum Gasteiger partial charge on any atom is 0.0597 e. The van der Waals surface area contributed by atoms with Gasteiger partial charge in [0.2, 0.25) is 0 Å². The van der Waals surface area contributed by atoms with Crippen LogP contribution >= 0.6 is 0 Å². The first-order valence-corrected chi connectivity index (χ1v) is 4.96. The fraction of sp³-hybridized carbons (Fsp3) is 1.00. The quantitative estimate of drug-likeness (QED) is 0.696. The monoisotopic (exact) mass is 170 g/mol. The van der Waals surface area contributed by atoms with E-state index in [2.05, 4.69) is 6.92 Å². The molecule has 2 rings (SSSR count). The molecule has 0 aromatic heterocycles. The Morgan fingerprint density at radius 2 is 2.33 bits per heavy atom. The summed E-state index contributed by atoms with van der Waals surface area (Å²) in [6, 6.07) is 0. The van der Waals surface area contributed by atoms with Crippen molar-refractivity contribution in [1.29, 1.82) is 0 Å². The number of aliphatic hydroxyl groups is 1. The molecule has 2 heteroatoms. The van der Waals surface area contributed by atoms with E-state index in [9.17, 15) is 5.11 Å². The van der Waals surface area contributed by atoms with Gasteiger partial charge < -0.3 is 9.84 Å². The van der Waals surface area contributed by atoms with Crippen molar-refractivity contribution in [1.82, 2.24) is 0 Å². The van der Waals surface area contributed by atoms with Crippen LogP contribution in [-0.4, -0.2) is 24.4 Å². The second-order valence-corrected chi connectivity index (χ2v) is 4.64. The number of hydrogen-bond acceptors (Lipinski definition) is 2. The summed E-state index contributed by atoms with van der Waals surface area (Å²) in [5.41, 5.74) is 0.266. The van der Waals surface area contributed by atoms with Crippen LogP contribution in [0, 0.1) is 11.3 Å². The average molecular weight is 170 g/mol. The Morgan fingerprint density at radius 1 is 1.58 bits per heavy atom. The van der Waals surface area contributed by atoms with Gasteiger partial charge in [0.15, 0.2) is 0 Å². The van der Waals surface area contributed by atoms with E-state index in [-0.39, 0.29) is 11.5 Å². The third kappa shape index (κ3) is 1.64. The molecular weight excluding hydrogens is 152 g/mol. The van der Waals surface area contributed by atoms with Gasteiger partial charge in [0.1, 0.15) is 0 Å². The number of aliphatic hydroxyl groups excluding tert-OH is 1. The Balaban J connectivity index is 1.78. The fourth-order valence-electron chi connectivity index (χ4n) is 1.90. The first-order valence-electron chi connectivity index (χ1n) is 4.96. The summed E-state index contributed by atoms with van der Waals surface area (Å²) in [4.78, 5) is 0. The fourth-order valence-corrected chi connectivity index (χ4v) is 1.90. The molecule has 0 aromatic rings. The van der Waals surface area contributed by atoms with Crippen molar-refractivity contribution in [2.24, 2.45) is 11.3 Å². The number of ether oxygens (including phenoxy) is 1. The second kappa shape index (κ2) is 3.00. The first kappa shape index (κ1) is 8.52. The van der Waals surface area contributed by atoms with Crippen molar-refractivity contribution >= 4 is 0 Å². The van der Waals surface area contributed by atoms with Crippen LogP contribution in [0.1, 0.15) is 32.6 Å². The summed E-state index contributed by atoms with van der Waals surface area (Å²) in [5, 5.41) is 9.85. The van der Waals surface area contributed by atoms with Crippen molar-refractivity contribution in [3.05, 3.63) is 0 Å². The van der Waals surface area contributed by atoms with Crippen LogP contribution in [0.15, 0.2) is 0 Å². The summed E-state index contributed by atoms with van der Waals surface area (Å²) in [5.74, 6) is 0.623. The van der Waals surface area contributed by atoms with Crippen molar-refractivity contribution in [2.75, 3.05) is 13.2 Å². The van der Waals surface area contributed by atoms with Crippen LogP contribution in [0.3, 0.4) is 0 Å². The molecule has 1 N–H and O–H groups in total. The zero-order chi connectivity index (χ0) is 8.60. The maximum absolute atomic E-state index is 9.85. The molecule has 70 valence electrons. The van der Waals surface area contributed by atoms with E-state index in [1.807, 2.05) is 0 Å². The molecular formula is C10H18O2. The summed E-state index contributed by atoms with van der Waals surface area (Å²) in [7, 11) is 0. The molecule has 1 saturated heterocycles. The average Bonchev–Trinajstić information content (AvgIpc) is 2.63. The lowest BCUT2D eigenvalue weighted by molar-refractivity contribution is 0.0726. The molecule has 2 nitrogen and oxygen atoms in total. The Kier molecular flexibility index (Phi) is 2.13. The van der Waals surface area contributed by atoms with Gasteiger partial charge in [0.25, 0.3) is 0 Å². The predicted octanol–water partition coefficient (Wildman–Crippen LogP) is 1.57. The summed E-state index contributed by atoms with van der Waals surface area (Å²) in [6.07, 6.45) is 4.44. The first-order chi connectivity index (χ1) is 5.71. The van der Waals surface area contributed by atoms with Crippen molar-refractivity contribution in [3.63, 3.8) is 0 Å². The third-order valence-corrected chi connectivity index (χ3v) is 3.42. The predicted molar refractivity (Wildman–Crippen MR) is 46.9 cm³/mol. The van der Waals surface area contributed by atoms with Crippen molar-refractivity contribution in [2.45, 2.75) is 38.7 Å². The van der Waals surface area contributed by atoms with Crippen LogP contribution in [0.2, 0.25) is 0 Å². The zero-order valence-electron chi connectivity index (χ0n) is 7.75. The molecule has 0 aromatic carbocycles. The zero-order valence-corrected chi connectivity index (χ0v) is 7.75. The van der Waals surface area contributed by atoms with Gasteiger partial charge in [-0.15, -0.1) is 0 Å². The Morgan fingerprint density at radius 3 is 2.83 bits per heavy atom. The summed E-state index contributed by atoms with van der Waals surface area (Å²) < 4.78 is 5.28. The highest BCUT2D eigenvalue weighted by atomic mass is 16.5. The lowest BCUT2D eigenvalue weighted by atomic mass is 9.91. The molecule has 1 aliphatic heterocycles. The van der Waals surface area contributed by atoms with E-state index in [0.717, 1.165) is 26.1 Å². The smallest absolute Gasteiger partial charge is 0.0597 e. The lowest BCUT2D eigenvalue weighted by Gasteiger charge is -2.20. The van der Waals surface area contributed by atoms with Gasteiger partial charge in [-0.1, -0.05) is 6.92 Å². The minimum absolute atomic E-state index is 0.0794. The van der Waals surface area contributed by atoms with Crippen molar-refractivity contribution < 1.29 is 9.84 Å². The SMILES string of the molecule is CC1(C(O)CC2CCOC2)CC1. The molecule has 2 unspecified atom stereocenters. The van der Waals surface area contributed by atoms with Gasteiger partial charge in [-0.2, -0.15) is 0 Å². The highest BCUT2D eigenvalue weighted by Crippen LogP contribution is 2.49. The molecule has 2 atom stereocenters. The van der Waals surface area contributed by atoms with Crippen LogP contribution in [0.5, 0.6) is 0 Å². The van der Waals surface area contributed by atoms with Crippen LogP contribution in [0.25, 0.3) is 0 Å². The molecule has 0 radical (unpaired) electrons. The lowest BCUT2D eigenvalue weighted by Crippen LogP contribution is -2.22. The molecule has 1 heterocycles. The normalized spacial score (nSPS) is 35.0. The van der Waals surface area contributed by atoms with Crippen molar-refractivity contribution in [3.8, 4) is 0 Å². The standard InChI is InChI=1S/C10H18O2/c1-10(3-4-10)9(11)6-8-2-5-12-7-8/h8-9,11H,2-7H2,1H3. The van der Waals surface area contributed by atoms with Gasteiger partial charge in [-0.05, 0) is 37.0 Å². The van der Waals surface area contributed by atoms with Crippen LogP contribution in [-0.2, 0) is 4.74 Å².